The van der Waals surface area contributed by atoms with Crippen molar-refractivity contribution in [2.24, 2.45) is 0 Å². The Hall–Kier alpha value is -0.390. The first-order chi connectivity index (χ1) is 3.85. The number of halogens is 5. The highest BCUT2D eigenvalue weighted by Gasteiger charge is 2.46. The Kier molecular flexibility index (Phi) is 2.36. The van der Waals surface area contributed by atoms with Crippen LogP contribution in [0.1, 0.15) is 0 Å². The van der Waals surface area contributed by atoms with Crippen LogP contribution in [0.3, 0.4) is 0 Å². The van der Waals surface area contributed by atoms with E-state index in [1.54, 1.807) is 0 Å². The molecule has 0 saturated heterocycles. The summed E-state index contributed by atoms with van der Waals surface area (Å²) in [6.45, 7) is 0. The molecule has 1 radical (unpaired) electrons. The van der Waals surface area contributed by atoms with Crippen LogP contribution in [0.4, 0.5) is 22.0 Å². The molecule has 0 fully saturated rings. The molecule has 0 aliphatic heterocycles. The van der Waals surface area contributed by atoms with E-state index < -0.39 is 18.7 Å². The van der Waals surface area contributed by atoms with Gasteiger partial charge in [0.25, 0.3) is 12.5 Å². The molecule has 0 rings (SSSR count). The predicted molar refractivity (Wildman–Crippen MR) is 16.5 cm³/mol. The van der Waals surface area contributed by atoms with Crippen molar-refractivity contribution in [3.8, 4) is 0 Å². The summed E-state index contributed by atoms with van der Waals surface area (Å²) >= 11 is 0. The Balaban J connectivity index is 3.88. The lowest BCUT2D eigenvalue weighted by atomic mass is 10.4. The van der Waals surface area contributed by atoms with Gasteiger partial charge in [-0.1, -0.05) is 0 Å². The summed E-state index contributed by atoms with van der Waals surface area (Å²) in [7, 11) is 0. The first-order valence-corrected chi connectivity index (χ1v) is 1.86. The van der Waals surface area contributed by atoms with E-state index in [-0.39, 0.29) is 0 Å². The van der Waals surface area contributed by atoms with E-state index in [2.05, 4.69) is 0 Å². The third-order valence-corrected chi connectivity index (χ3v) is 0.543. The monoisotopic (exact) mass is 149 g/mol. The third kappa shape index (κ3) is 2.59. The highest BCUT2D eigenvalue weighted by atomic mass is 19.4. The summed E-state index contributed by atoms with van der Waals surface area (Å²) in [5.41, 5.74) is 0. The highest BCUT2D eigenvalue weighted by molar-refractivity contribution is 4.66. The number of rotatable bonds is 1. The fourth-order valence-corrected chi connectivity index (χ4v) is 0.149. The van der Waals surface area contributed by atoms with Crippen LogP contribution in [0.15, 0.2) is 0 Å². The lowest BCUT2D eigenvalue weighted by Crippen LogP contribution is -2.32. The maximum Gasteiger partial charge on any atom is 0.425 e. The van der Waals surface area contributed by atoms with Crippen molar-refractivity contribution >= 4 is 0 Å². The molecule has 2 atom stereocenters. The van der Waals surface area contributed by atoms with Crippen molar-refractivity contribution in [2.75, 3.05) is 0 Å². The Morgan fingerprint density at radius 2 is 1.44 bits per heavy atom. The molecule has 6 heteroatoms. The molecule has 55 valence electrons. The van der Waals surface area contributed by atoms with Crippen molar-refractivity contribution in [2.45, 2.75) is 18.7 Å². The van der Waals surface area contributed by atoms with Crippen molar-refractivity contribution in [3.05, 3.63) is 0 Å². The van der Waals surface area contributed by atoms with Gasteiger partial charge in [0, 0.05) is 0 Å². The fourth-order valence-electron chi connectivity index (χ4n) is 0.149. The molecule has 0 aliphatic rings. The van der Waals surface area contributed by atoms with Crippen LogP contribution >= 0.6 is 0 Å². The van der Waals surface area contributed by atoms with Gasteiger partial charge in [-0.2, -0.15) is 18.3 Å². The summed E-state index contributed by atoms with van der Waals surface area (Å²) in [5, 5.41) is 9.11. The molecule has 0 aliphatic carbocycles. The minimum absolute atomic E-state index is 3.73. The van der Waals surface area contributed by atoms with Gasteiger partial charge in [-0.05, 0) is 0 Å². The van der Waals surface area contributed by atoms with Crippen LogP contribution < -0.4 is 0 Å². The van der Waals surface area contributed by atoms with Crippen LogP contribution in [0.2, 0.25) is 0 Å². The zero-order valence-corrected chi connectivity index (χ0v) is 3.95. The maximum atomic E-state index is 11.2. The molecule has 0 heterocycles. The van der Waals surface area contributed by atoms with E-state index in [9.17, 15) is 22.0 Å². The molecule has 0 N–H and O–H groups in total. The topological polar surface area (TPSA) is 19.9 Å². The average molecular weight is 149 g/mol. The number of hydrogen-bond donors (Lipinski definition) is 0. The lowest BCUT2D eigenvalue weighted by Gasteiger charge is -2.09. The van der Waals surface area contributed by atoms with Gasteiger partial charge in [-0.25, -0.2) is 8.78 Å². The fraction of sp³-hybridized carbons (Fsp3) is 1.00. The molecule has 0 amide bonds. The second kappa shape index (κ2) is 2.47. The maximum absolute atomic E-state index is 11.2. The normalized spacial score (nSPS) is 19.3. The number of hydrogen-bond acceptors (Lipinski definition) is 0. The highest BCUT2D eigenvalue weighted by Crippen LogP contribution is 2.25. The zero-order chi connectivity index (χ0) is 7.65. The van der Waals surface area contributed by atoms with Crippen molar-refractivity contribution in [3.63, 3.8) is 0 Å². The second-order valence-corrected chi connectivity index (χ2v) is 1.29. The average Bonchev–Trinajstić information content (AvgIpc) is 1.62. The minimum Gasteiger partial charge on any atom is -0.231 e. The van der Waals surface area contributed by atoms with Crippen molar-refractivity contribution in [1.29, 1.82) is 0 Å². The van der Waals surface area contributed by atoms with Gasteiger partial charge in [0.1, 0.15) is 0 Å². The van der Waals surface area contributed by atoms with Gasteiger partial charge in [0.2, 0.25) is 0 Å². The van der Waals surface area contributed by atoms with E-state index in [0.29, 0.717) is 0 Å². The molecule has 1 nitrogen and oxygen atoms in total. The Morgan fingerprint density at radius 1 is 1.11 bits per heavy atom. The molecule has 0 aromatic rings. The smallest absolute Gasteiger partial charge is 0.231 e. The van der Waals surface area contributed by atoms with E-state index in [0.717, 1.165) is 0 Å². The minimum atomic E-state index is -5.37. The standard InChI is InChI=1S/C3H2F5O/c4-1(2(5)9)3(6,7)8/h1-2H. The van der Waals surface area contributed by atoms with E-state index in [1.165, 1.54) is 0 Å². The quantitative estimate of drug-likeness (QED) is 0.505. The molecular formula is C3H2F5O. The summed E-state index contributed by atoms with van der Waals surface area (Å²) in [5.74, 6) is 0. The molecule has 9 heavy (non-hydrogen) atoms. The van der Waals surface area contributed by atoms with Crippen molar-refractivity contribution < 1.29 is 27.1 Å². The van der Waals surface area contributed by atoms with Crippen molar-refractivity contribution in [1.82, 2.24) is 0 Å². The second-order valence-electron chi connectivity index (χ2n) is 1.29. The number of alkyl halides is 5. The third-order valence-electron chi connectivity index (χ3n) is 0.543. The van der Waals surface area contributed by atoms with Gasteiger partial charge in [-0.15, -0.1) is 0 Å². The molecule has 0 aromatic carbocycles. The van der Waals surface area contributed by atoms with Crippen LogP contribution in [0.25, 0.3) is 0 Å². The van der Waals surface area contributed by atoms with Gasteiger partial charge in [0.15, 0.2) is 0 Å². The van der Waals surface area contributed by atoms with Crippen LogP contribution in [-0.4, -0.2) is 18.7 Å². The molecule has 0 spiro atoms. The lowest BCUT2D eigenvalue weighted by molar-refractivity contribution is -0.236. The van der Waals surface area contributed by atoms with Gasteiger partial charge in [-0.3, -0.25) is 0 Å². The van der Waals surface area contributed by atoms with Crippen LogP contribution in [-0.2, 0) is 5.11 Å². The van der Waals surface area contributed by atoms with Gasteiger partial charge >= 0.3 is 6.18 Å². The van der Waals surface area contributed by atoms with E-state index in [1.807, 2.05) is 0 Å². The molecule has 0 bridgehead atoms. The first-order valence-electron chi connectivity index (χ1n) is 1.86. The Bertz CT molecular complexity index is 86.7. The van der Waals surface area contributed by atoms with Gasteiger partial charge in [0.05, 0.1) is 0 Å². The zero-order valence-electron chi connectivity index (χ0n) is 3.95. The molecule has 0 saturated carbocycles. The molecular weight excluding hydrogens is 147 g/mol. The van der Waals surface area contributed by atoms with E-state index in [4.69, 9.17) is 5.11 Å². The summed E-state index contributed by atoms with van der Waals surface area (Å²) in [4.78, 5) is 0. The largest absolute Gasteiger partial charge is 0.425 e. The SMILES string of the molecule is [O]C(F)C(F)C(F)(F)F. The Labute approximate surface area is 47.1 Å². The summed E-state index contributed by atoms with van der Waals surface area (Å²) in [6.07, 6.45) is -13.0. The van der Waals surface area contributed by atoms with E-state index >= 15 is 0 Å². The Morgan fingerprint density at radius 3 is 1.44 bits per heavy atom. The van der Waals surface area contributed by atoms with Crippen LogP contribution in [0, 0.1) is 0 Å². The predicted octanol–water partition coefficient (Wildman–Crippen LogP) is 1.61. The first kappa shape index (κ1) is 8.61. The van der Waals surface area contributed by atoms with Gasteiger partial charge < -0.3 is 0 Å². The summed E-state index contributed by atoms with van der Waals surface area (Å²) < 4.78 is 54.8. The summed E-state index contributed by atoms with van der Waals surface area (Å²) in [6, 6.07) is 0. The molecule has 2 unspecified atom stereocenters. The molecule has 0 aromatic heterocycles. The van der Waals surface area contributed by atoms with Crippen LogP contribution in [0.5, 0.6) is 0 Å².